The van der Waals surface area contributed by atoms with Crippen LogP contribution in [0, 0.1) is 0 Å². The summed E-state index contributed by atoms with van der Waals surface area (Å²) in [6, 6.07) is 10.4. The van der Waals surface area contributed by atoms with Gasteiger partial charge in [0, 0.05) is 15.3 Å². The maximum absolute atomic E-state index is 6.53. The summed E-state index contributed by atoms with van der Waals surface area (Å²) >= 11 is 1.89. The molecular weight excluding hydrogens is 278 g/mol. The lowest BCUT2D eigenvalue weighted by molar-refractivity contribution is 0.313. The molecule has 1 aromatic carbocycles. The van der Waals surface area contributed by atoms with Crippen LogP contribution in [-0.4, -0.2) is 6.61 Å². The molecular formula is C18H23NOS. The Morgan fingerprint density at radius 3 is 2.86 bits per heavy atom. The van der Waals surface area contributed by atoms with E-state index in [1.54, 1.807) is 4.88 Å². The third kappa shape index (κ3) is 3.14. The molecule has 1 aliphatic rings. The first-order valence-corrected chi connectivity index (χ1v) is 8.70. The summed E-state index contributed by atoms with van der Waals surface area (Å²) < 4.78 is 5.86. The van der Waals surface area contributed by atoms with Gasteiger partial charge in [-0.2, -0.15) is 0 Å². The molecule has 0 saturated heterocycles. The maximum Gasteiger partial charge on any atom is 0.124 e. The number of rotatable bonds is 5. The highest BCUT2D eigenvalue weighted by molar-refractivity contribution is 7.12. The van der Waals surface area contributed by atoms with E-state index in [9.17, 15) is 0 Å². The lowest BCUT2D eigenvalue weighted by atomic mass is 9.98. The van der Waals surface area contributed by atoms with Crippen LogP contribution < -0.4 is 10.5 Å². The van der Waals surface area contributed by atoms with Gasteiger partial charge in [-0.25, -0.2) is 0 Å². The number of para-hydroxylation sites is 1. The van der Waals surface area contributed by atoms with E-state index in [-0.39, 0.29) is 6.04 Å². The van der Waals surface area contributed by atoms with Crippen molar-refractivity contribution in [2.45, 2.75) is 45.1 Å². The largest absolute Gasteiger partial charge is 0.493 e. The Labute approximate surface area is 130 Å². The van der Waals surface area contributed by atoms with Crippen molar-refractivity contribution in [3.63, 3.8) is 0 Å². The quantitative estimate of drug-likeness (QED) is 0.884. The summed E-state index contributed by atoms with van der Waals surface area (Å²) in [6.45, 7) is 2.86. The van der Waals surface area contributed by atoms with Crippen molar-refractivity contribution in [2.24, 2.45) is 5.73 Å². The number of fused-ring (bicyclic) bond motifs is 1. The van der Waals surface area contributed by atoms with Crippen molar-refractivity contribution in [3.05, 3.63) is 51.2 Å². The highest BCUT2D eigenvalue weighted by Gasteiger charge is 2.20. The standard InChI is InChI=1S/C18H23NOS/c1-2-11-20-15-9-5-4-8-14(15)18(19)17-12-13-7-3-6-10-16(13)21-17/h4-5,8-9,12,18H,2-3,6-7,10-11,19H2,1H3. The number of benzene rings is 1. The molecule has 112 valence electrons. The van der Waals surface area contributed by atoms with E-state index in [1.807, 2.05) is 29.5 Å². The van der Waals surface area contributed by atoms with Crippen molar-refractivity contribution in [1.82, 2.24) is 0 Å². The molecule has 2 aromatic rings. The SMILES string of the molecule is CCCOc1ccccc1C(N)c1cc2c(s1)CCCC2. The van der Waals surface area contributed by atoms with Crippen LogP contribution in [0.15, 0.2) is 30.3 Å². The highest BCUT2D eigenvalue weighted by atomic mass is 32.1. The predicted molar refractivity (Wildman–Crippen MR) is 89.2 cm³/mol. The zero-order valence-corrected chi connectivity index (χ0v) is 13.4. The van der Waals surface area contributed by atoms with Crippen molar-refractivity contribution < 1.29 is 4.74 Å². The molecule has 3 heteroatoms. The van der Waals surface area contributed by atoms with Gasteiger partial charge in [-0.1, -0.05) is 25.1 Å². The van der Waals surface area contributed by atoms with Crippen LogP contribution in [0.1, 0.15) is 53.1 Å². The monoisotopic (exact) mass is 301 g/mol. The van der Waals surface area contributed by atoms with Gasteiger partial charge in [0.25, 0.3) is 0 Å². The van der Waals surface area contributed by atoms with Gasteiger partial charge < -0.3 is 10.5 Å². The second-order valence-electron chi connectivity index (χ2n) is 5.67. The normalized spacial score (nSPS) is 15.5. The van der Waals surface area contributed by atoms with Gasteiger partial charge in [0.1, 0.15) is 5.75 Å². The molecule has 0 fully saturated rings. The van der Waals surface area contributed by atoms with Gasteiger partial charge in [-0.3, -0.25) is 0 Å². The van der Waals surface area contributed by atoms with E-state index in [0.29, 0.717) is 0 Å². The Morgan fingerprint density at radius 1 is 1.24 bits per heavy atom. The molecule has 21 heavy (non-hydrogen) atoms. The average Bonchev–Trinajstić information content (AvgIpc) is 2.96. The smallest absolute Gasteiger partial charge is 0.124 e. The molecule has 2 nitrogen and oxygen atoms in total. The Morgan fingerprint density at radius 2 is 2.05 bits per heavy atom. The average molecular weight is 301 g/mol. The first-order chi connectivity index (χ1) is 10.3. The van der Waals surface area contributed by atoms with Crippen LogP contribution in [0.2, 0.25) is 0 Å². The summed E-state index contributed by atoms with van der Waals surface area (Å²) in [5.74, 6) is 0.929. The zero-order chi connectivity index (χ0) is 14.7. The van der Waals surface area contributed by atoms with Gasteiger partial charge in [-0.05, 0) is 49.8 Å². The topological polar surface area (TPSA) is 35.2 Å². The Hall–Kier alpha value is -1.32. The van der Waals surface area contributed by atoms with Gasteiger partial charge in [0.2, 0.25) is 0 Å². The van der Waals surface area contributed by atoms with Crippen molar-refractivity contribution >= 4 is 11.3 Å². The fraction of sp³-hybridized carbons (Fsp3) is 0.444. The molecule has 1 atom stereocenters. The molecule has 0 bridgehead atoms. The molecule has 0 saturated carbocycles. The second-order valence-corrected chi connectivity index (χ2v) is 6.84. The van der Waals surface area contributed by atoms with Gasteiger partial charge in [-0.15, -0.1) is 11.3 Å². The lowest BCUT2D eigenvalue weighted by Crippen LogP contribution is -2.12. The number of aryl methyl sites for hydroxylation is 2. The van der Waals surface area contributed by atoms with Crippen LogP contribution in [0.5, 0.6) is 5.75 Å². The fourth-order valence-electron chi connectivity index (χ4n) is 2.90. The van der Waals surface area contributed by atoms with Crippen LogP contribution in [0.3, 0.4) is 0 Å². The van der Waals surface area contributed by atoms with E-state index in [4.69, 9.17) is 10.5 Å². The van der Waals surface area contributed by atoms with E-state index in [1.165, 1.54) is 36.1 Å². The van der Waals surface area contributed by atoms with Crippen molar-refractivity contribution in [2.75, 3.05) is 6.61 Å². The summed E-state index contributed by atoms with van der Waals surface area (Å²) in [5, 5.41) is 0. The molecule has 0 radical (unpaired) electrons. The summed E-state index contributed by atoms with van der Waals surface area (Å²) in [4.78, 5) is 2.81. The van der Waals surface area contributed by atoms with Crippen LogP contribution >= 0.6 is 11.3 Å². The molecule has 1 aromatic heterocycles. The van der Waals surface area contributed by atoms with E-state index >= 15 is 0 Å². The van der Waals surface area contributed by atoms with E-state index in [2.05, 4.69) is 19.1 Å². The van der Waals surface area contributed by atoms with Crippen molar-refractivity contribution in [3.8, 4) is 5.75 Å². The molecule has 1 heterocycles. The highest BCUT2D eigenvalue weighted by Crippen LogP contribution is 2.36. The predicted octanol–water partition coefficient (Wildman–Crippen LogP) is 4.46. The molecule has 0 amide bonds. The van der Waals surface area contributed by atoms with Crippen molar-refractivity contribution in [1.29, 1.82) is 0 Å². The molecule has 1 unspecified atom stereocenters. The minimum Gasteiger partial charge on any atom is -0.493 e. The number of hydrogen-bond donors (Lipinski definition) is 1. The summed E-state index contributed by atoms with van der Waals surface area (Å²) in [7, 11) is 0. The summed E-state index contributed by atoms with van der Waals surface area (Å²) in [5.41, 5.74) is 9.15. The van der Waals surface area contributed by atoms with Gasteiger partial charge in [0.05, 0.1) is 12.6 Å². The van der Waals surface area contributed by atoms with Crippen LogP contribution in [0.25, 0.3) is 0 Å². The Balaban J connectivity index is 1.87. The molecule has 3 rings (SSSR count). The van der Waals surface area contributed by atoms with E-state index in [0.717, 1.165) is 24.3 Å². The number of nitrogens with two attached hydrogens (primary N) is 1. The first kappa shape index (κ1) is 14.6. The maximum atomic E-state index is 6.53. The summed E-state index contributed by atoms with van der Waals surface area (Å²) in [6.07, 6.45) is 6.08. The Kier molecular flexibility index (Phi) is 4.61. The third-order valence-corrected chi connectivity index (χ3v) is 5.36. The number of ether oxygens (including phenoxy) is 1. The van der Waals surface area contributed by atoms with Crippen LogP contribution in [-0.2, 0) is 12.8 Å². The minimum absolute atomic E-state index is 0.0753. The zero-order valence-electron chi connectivity index (χ0n) is 12.6. The minimum atomic E-state index is -0.0753. The number of thiophene rings is 1. The van der Waals surface area contributed by atoms with Gasteiger partial charge in [0.15, 0.2) is 0 Å². The second kappa shape index (κ2) is 6.63. The van der Waals surface area contributed by atoms with E-state index < -0.39 is 0 Å². The molecule has 0 aliphatic heterocycles. The molecule has 0 spiro atoms. The number of hydrogen-bond acceptors (Lipinski definition) is 3. The third-order valence-electron chi connectivity index (χ3n) is 4.04. The van der Waals surface area contributed by atoms with Gasteiger partial charge >= 0.3 is 0 Å². The van der Waals surface area contributed by atoms with Crippen LogP contribution in [0.4, 0.5) is 0 Å². The Bertz CT molecular complexity index is 582. The fourth-order valence-corrected chi connectivity index (χ4v) is 4.18. The molecule has 1 aliphatic carbocycles. The molecule has 2 N–H and O–H groups in total. The first-order valence-electron chi connectivity index (χ1n) is 7.88. The lowest BCUT2D eigenvalue weighted by Gasteiger charge is -2.15.